The lowest BCUT2D eigenvalue weighted by atomic mass is 10.2. The molecule has 0 atom stereocenters. The molecule has 1 fully saturated rings. The van der Waals surface area contributed by atoms with E-state index >= 15 is 0 Å². The number of nitrogen functional groups attached to an aromatic ring is 1. The molecule has 64 valence electrons. The normalized spacial score (nSPS) is 15.9. The van der Waals surface area contributed by atoms with Crippen molar-refractivity contribution in [2.24, 2.45) is 0 Å². The molecule has 0 aliphatic carbocycles. The first-order valence-corrected chi connectivity index (χ1v) is 3.80. The van der Waals surface area contributed by atoms with Gasteiger partial charge in [0.1, 0.15) is 0 Å². The molecule has 1 aromatic heterocycles. The molecule has 1 aliphatic heterocycles. The quantitative estimate of drug-likeness (QED) is 0.659. The van der Waals surface area contributed by atoms with Crippen LogP contribution in [0.1, 0.15) is 6.42 Å². The van der Waals surface area contributed by atoms with E-state index in [0.717, 1.165) is 25.7 Å². The number of nitrogens with two attached hydrogens (primary N) is 1. The molecule has 0 saturated carbocycles. The zero-order valence-corrected chi connectivity index (χ0v) is 6.50. The van der Waals surface area contributed by atoms with Gasteiger partial charge < -0.3 is 10.6 Å². The predicted octanol–water partition coefficient (Wildman–Crippen LogP) is 0.408. The fourth-order valence-electron chi connectivity index (χ4n) is 1.12. The van der Waals surface area contributed by atoms with Gasteiger partial charge in [-0.05, 0) is 6.42 Å². The van der Waals surface area contributed by atoms with Gasteiger partial charge in [0.2, 0.25) is 5.95 Å². The minimum atomic E-state index is -0.399. The van der Waals surface area contributed by atoms with Crippen LogP contribution >= 0.6 is 0 Å². The maximum Gasteiger partial charge on any atom is 0.222 e. The summed E-state index contributed by atoms with van der Waals surface area (Å²) in [5.74, 6) is 0.0518. The van der Waals surface area contributed by atoms with Crippen LogP contribution in [0.25, 0.3) is 0 Å². The largest absolute Gasteiger partial charge is 0.368 e. The summed E-state index contributed by atoms with van der Waals surface area (Å²) in [5.41, 5.74) is 5.33. The zero-order chi connectivity index (χ0) is 8.55. The lowest BCUT2D eigenvalue weighted by Crippen LogP contribution is -2.38. The van der Waals surface area contributed by atoms with E-state index in [1.807, 2.05) is 4.90 Å². The van der Waals surface area contributed by atoms with Gasteiger partial charge in [0.15, 0.2) is 11.6 Å². The Morgan fingerprint density at radius 3 is 2.83 bits per heavy atom. The molecule has 1 saturated heterocycles. The van der Waals surface area contributed by atoms with Gasteiger partial charge >= 0.3 is 0 Å². The third-order valence-corrected chi connectivity index (χ3v) is 1.90. The first-order chi connectivity index (χ1) is 5.77. The second-order valence-electron chi connectivity index (χ2n) is 2.74. The van der Waals surface area contributed by atoms with Crippen molar-refractivity contribution in [2.45, 2.75) is 6.42 Å². The van der Waals surface area contributed by atoms with Crippen molar-refractivity contribution < 1.29 is 4.39 Å². The molecule has 0 bridgehead atoms. The van der Waals surface area contributed by atoms with Crippen molar-refractivity contribution in [2.75, 3.05) is 23.7 Å². The summed E-state index contributed by atoms with van der Waals surface area (Å²) in [7, 11) is 0. The number of hydrogen-bond acceptors (Lipinski definition) is 4. The molecule has 0 amide bonds. The highest BCUT2D eigenvalue weighted by Crippen LogP contribution is 2.20. The highest BCUT2D eigenvalue weighted by Gasteiger charge is 2.19. The Hall–Kier alpha value is -1.39. The Bertz CT molecular complexity index is 297. The van der Waals surface area contributed by atoms with Gasteiger partial charge in [-0.25, -0.2) is 9.37 Å². The Balaban J connectivity index is 2.34. The van der Waals surface area contributed by atoms with Crippen molar-refractivity contribution in [3.05, 3.63) is 12.0 Å². The number of rotatable bonds is 1. The van der Waals surface area contributed by atoms with Crippen molar-refractivity contribution in [1.82, 2.24) is 9.97 Å². The van der Waals surface area contributed by atoms with E-state index in [-0.39, 0.29) is 5.95 Å². The van der Waals surface area contributed by atoms with E-state index in [1.54, 1.807) is 0 Å². The van der Waals surface area contributed by atoms with Gasteiger partial charge in [0, 0.05) is 13.1 Å². The molecule has 5 heteroatoms. The molecular formula is C7H9FN4. The maximum absolute atomic E-state index is 13.0. The Morgan fingerprint density at radius 2 is 2.25 bits per heavy atom. The van der Waals surface area contributed by atoms with Crippen LogP contribution in [-0.4, -0.2) is 23.1 Å². The minimum Gasteiger partial charge on any atom is -0.368 e. The third kappa shape index (κ3) is 1.07. The molecule has 0 radical (unpaired) electrons. The van der Waals surface area contributed by atoms with Crippen LogP contribution in [0.2, 0.25) is 0 Å². The van der Waals surface area contributed by atoms with Crippen LogP contribution in [0, 0.1) is 5.82 Å². The summed E-state index contributed by atoms with van der Waals surface area (Å²) in [5, 5.41) is 0. The maximum atomic E-state index is 13.0. The van der Waals surface area contributed by atoms with Crippen molar-refractivity contribution in [1.29, 1.82) is 0 Å². The highest BCUT2D eigenvalue weighted by atomic mass is 19.1. The van der Waals surface area contributed by atoms with Gasteiger partial charge in [0.05, 0.1) is 6.20 Å². The van der Waals surface area contributed by atoms with E-state index in [4.69, 9.17) is 5.73 Å². The van der Waals surface area contributed by atoms with E-state index in [2.05, 4.69) is 9.97 Å². The molecule has 2 heterocycles. The van der Waals surface area contributed by atoms with Gasteiger partial charge in [-0.2, -0.15) is 4.98 Å². The molecule has 12 heavy (non-hydrogen) atoms. The van der Waals surface area contributed by atoms with Crippen molar-refractivity contribution in [3.8, 4) is 0 Å². The van der Waals surface area contributed by atoms with Crippen LogP contribution in [0.15, 0.2) is 6.20 Å². The smallest absolute Gasteiger partial charge is 0.222 e. The van der Waals surface area contributed by atoms with Crippen LogP contribution in [0.4, 0.5) is 16.2 Å². The average molecular weight is 168 g/mol. The second kappa shape index (κ2) is 2.58. The standard InChI is InChI=1S/C7H9FN4/c8-5-4-10-7(9)11-6(5)12-2-1-3-12/h4H,1-3H2,(H2,9,10,11). The van der Waals surface area contributed by atoms with Gasteiger partial charge in [-0.15, -0.1) is 0 Å². The number of hydrogen-bond donors (Lipinski definition) is 1. The molecule has 0 spiro atoms. The molecule has 2 N–H and O–H groups in total. The van der Waals surface area contributed by atoms with E-state index in [9.17, 15) is 4.39 Å². The fourth-order valence-corrected chi connectivity index (χ4v) is 1.12. The van der Waals surface area contributed by atoms with Crippen LogP contribution < -0.4 is 10.6 Å². The van der Waals surface area contributed by atoms with Gasteiger partial charge in [0.25, 0.3) is 0 Å². The molecular weight excluding hydrogens is 159 g/mol. The first kappa shape index (κ1) is 7.27. The van der Waals surface area contributed by atoms with Gasteiger partial charge in [-0.1, -0.05) is 0 Å². The Morgan fingerprint density at radius 1 is 1.50 bits per heavy atom. The van der Waals surface area contributed by atoms with Crippen molar-refractivity contribution in [3.63, 3.8) is 0 Å². The molecule has 1 aliphatic rings. The topological polar surface area (TPSA) is 55.0 Å². The van der Waals surface area contributed by atoms with Crippen LogP contribution in [0.3, 0.4) is 0 Å². The number of nitrogens with zero attached hydrogens (tertiary/aromatic N) is 3. The fraction of sp³-hybridized carbons (Fsp3) is 0.429. The predicted molar refractivity (Wildman–Crippen MR) is 43.2 cm³/mol. The van der Waals surface area contributed by atoms with Gasteiger partial charge in [-0.3, -0.25) is 0 Å². The molecule has 0 aromatic carbocycles. The molecule has 0 unspecified atom stereocenters. The summed E-state index contributed by atoms with van der Waals surface area (Å²) in [6.45, 7) is 1.71. The monoisotopic (exact) mass is 168 g/mol. The summed E-state index contributed by atoms with van der Waals surface area (Å²) >= 11 is 0. The molecule has 4 nitrogen and oxygen atoms in total. The van der Waals surface area contributed by atoms with Crippen LogP contribution in [0.5, 0.6) is 0 Å². The highest BCUT2D eigenvalue weighted by molar-refractivity contribution is 5.44. The SMILES string of the molecule is Nc1ncc(F)c(N2CCC2)n1. The Kier molecular flexibility index (Phi) is 1.56. The zero-order valence-electron chi connectivity index (χ0n) is 6.50. The summed E-state index contributed by atoms with van der Waals surface area (Å²) in [6, 6.07) is 0. The van der Waals surface area contributed by atoms with E-state index < -0.39 is 5.82 Å². The van der Waals surface area contributed by atoms with E-state index in [1.165, 1.54) is 0 Å². The van der Waals surface area contributed by atoms with Crippen molar-refractivity contribution >= 4 is 11.8 Å². The lowest BCUT2D eigenvalue weighted by Gasteiger charge is -2.31. The van der Waals surface area contributed by atoms with E-state index in [0.29, 0.717) is 5.82 Å². The molecule has 1 aromatic rings. The number of halogens is 1. The Labute approximate surface area is 69.2 Å². The summed E-state index contributed by atoms with van der Waals surface area (Å²) in [6.07, 6.45) is 2.19. The lowest BCUT2D eigenvalue weighted by molar-refractivity contribution is 0.559. The minimum absolute atomic E-state index is 0.123. The summed E-state index contributed by atoms with van der Waals surface area (Å²) < 4.78 is 13.0. The first-order valence-electron chi connectivity index (χ1n) is 3.80. The second-order valence-corrected chi connectivity index (χ2v) is 2.74. The third-order valence-electron chi connectivity index (χ3n) is 1.90. The number of aromatic nitrogens is 2. The number of anilines is 2. The van der Waals surface area contributed by atoms with Crippen LogP contribution in [-0.2, 0) is 0 Å². The average Bonchev–Trinajstić information content (AvgIpc) is 1.93. The summed E-state index contributed by atoms with van der Waals surface area (Å²) in [4.78, 5) is 9.20. The molecule has 2 rings (SSSR count).